The van der Waals surface area contributed by atoms with Gasteiger partial charge in [0.05, 0.1) is 0 Å². The third-order valence-electron chi connectivity index (χ3n) is 2.78. The van der Waals surface area contributed by atoms with E-state index in [-0.39, 0.29) is 0 Å². The Morgan fingerprint density at radius 2 is 2.13 bits per heavy atom. The molecule has 0 heterocycles. The Labute approximate surface area is 89.2 Å². The average molecular weight is 214 g/mol. The molecule has 0 saturated heterocycles. The van der Waals surface area contributed by atoms with Gasteiger partial charge in [-0.15, -0.1) is 0 Å². The van der Waals surface area contributed by atoms with Crippen molar-refractivity contribution in [3.63, 3.8) is 0 Å². The van der Waals surface area contributed by atoms with Crippen molar-refractivity contribution < 1.29 is 14.7 Å². The number of hydrogen-bond acceptors (Lipinski definition) is 2. The first-order valence-electron chi connectivity index (χ1n) is 5.36. The third kappa shape index (κ3) is 4.18. The van der Waals surface area contributed by atoms with Crippen LogP contribution < -0.4 is 10.6 Å². The summed E-state index contributed by atoms with van der Waals surface area (Å²) in [5.41, 5.74) is 0. The van der Waals surface area contributed by atoms with E-state index in [1.54, 1.807) is 0 Å². The Kier molecular flexibility index (Phi) is 4.39. The number of nitrogens with one attached hydrogen (secondary N) is 2. The van der Waals surface area contributed by atoms with Crippen LogP contribution in [0.1, 0.15) is 32.6 Å². The minimum atomic E-state index is -1.02. The van der Waals surface area contributed by atoms with E-state index >= 15 is 0 Å². The smallest absolute Gasteiger partial charge is 0.325 e. The fourth-order valence-corrected chi connectivity index (χ4v) is 1.48. The van der Waals surface area contributed by atoms with Crippen LogP contribution in [0.2, 0.25) is 0 Å². The zero-order chi connectivity index (χ0) is 11.3. The highest BCUT2D eigenvalue weighted by Gasteiger charge is 2.17. The molecule has 0 spiro atoms. The second-order valence-corrected chi connectivity index (χ2v) is 4.05. The summed E-state index contributed by atoms with van der Waals surface area (Å²) in [6.07, 6.45) is 4.81. The van der Waals surface area contributed by atoms with Gasteiger partial charge in [0.1, 0.15) is 6.04 Å². The van der Waals surface area contributed by atoms with E-state index in [0.29, 0.717) is 6.54 Å². The molecule has 0 bridgehead atoms. The second kappa shape index (κ2) is 5.58. The number of urea groups is 1. The first-order valence-corrected chi connectivity index (χ1v) is 5.36. The van der Waals surface area contributed by atoms with Gasteiger partial charge in [0, 0.05) is 6.54 Å². The lowest BCUT2D eigenvalue weighted by Crippen LogP contribution is -2.44. The number of aliphatic carboxylic acids is 1. The third-order valence-corrected chi connectivity index (χ3v) is 2.78. The van der Waals surface area contributed by atoms with Gasteiger partial charge in [0.15, 0.2) is 0 Å². The summed E-state index contributed by atoms with van der Waals surface area (Å²) in [4.78, 5) is 21.6. The van der Waals surface area contributed by atoms with Crippen LogP contribution in [0.15, 0.2) is 0 Å². The van der Waals surface area contributed by atoms with Crippen molar-refractivity contribution >= 4 is 12.0 Å². The van der Waals surface area contributed by atoms with Crippen molar-refractivity contribution in [3.8, 4) is 0 Å². The van der Waals surface area contributed by atoms with Gasteiger partial charge in [-0.05, 0) is 19.3 Å². The molecule has 2 amide bonds. The first-order chi connectivity index (χ1) is 7.09. The average Bonchev–Trinajstić information content (AvgIpc) is 2.09. The van der Waals surface area contributed by atoms with Crippen LogP contribution in [0.25, 0.3) is 0 Å². The summed E-state index contributed by atoms with van der Waals surface area (Å²) < 4.78 is 0. The summed E-state index contributed by atoms with van der Waals surface area (Å²) in [6.45, 7) is 2.07. The van der Waals surface area contributed by atoms with Crippen LogP contribution >= 0.6 is 0 Å². The molecule has 1 fully saturated rings. The molecule has 1 aliphatic rings. The zero-order valence-electron chi connectivity index (χ0n) is 8.95. The molecule has 1 saturated carbocycles. The minimum Gasteiger partial charge on any atom is -0.480 e. The molecule has 0 aromatic rings. The van der Waals surface area contributed by atoms with E-state index in [1.165, 1.54) is 26.2 Å². The Morgan fingerprint density at radius 1 is 1.47 bits per heavy atom. The molecule has 1 rings (SSSR count). The zero-order valence-corrected chi connectivity index (χ0v) is 8.95. The van der Waals surface area contributed by atoms with Crippen molar-refractivity contribution in [2.24, 2.45) is 5.92 Å². The summed E-state index contributed by atoms with van der Waals surface area (Å²) in [5, 5.41) is 13.5. The van der Waals surface area contributed by atoms with Crippen LogP contribution in [-0.2, 0) is 4.79 Å². The predicted molar refractivity (Wildman–Crippen MR) is 55.6 cm³/mol. The SMILES string of the molecule is CC(NC(=O)NCCC1CCC1)C(=O)O. The van der Waals surface area contributed by atoms with Gasteiger partial charge < -0.3 is 15.7 Å². The largest absolute Gasteiger partial charge is 0.480 e. The van der Waals surface area contributed by atoms with Crippen molar-refractivity contribution in [2.75, 3.05) is 6.54 Å². The predicted octanol–water partition coefficient (Wildman–Crippen LogP) is 0.949. The molecule has 1 atom stereocenters. The monoisotopic (exact) mass is 214 g/mol. The van der Waals surface area contributed by atoms with E-state index < -0.39 is 18.0 Å². The quantitative estimate of drug-likeness (QED) is 0.637. The van der Waals surface area contributed by atoms with Crippen LogP contribution in [0.5, 0.6) is 0 Å². The maximum Gasteiger partial charge on any atom is 0.325 e. The molecule has 1 aliphatic carbocycles. The molecular weight excluding hydrogens is 196 g/mol. The fraction of sp³-hybridized carbons (Fsp3) is 0.800. The lowest BCUT2D eigenvalue weighted by molar-refractivity contribution is -0.138. The highest BCUT2D eigenvalue weighted by molar-refractivity contribution is 5.82. The normalized spacial score (nSPS) is 17.7. The van der Waals surface area contributed by atoms with Crippen molar-refractivity contribution in [3.05, 3.63) is 0 Å². The number of carbonyl (C=O) groups excluding carboxylic acids is 1. The summed E-state index contributed by atoms with van der Waals surface area (Å²) >= 11 is 0. The number of hydrogen-bond donors (Lipinski definition) is 3. The van der Waals surface area contributed by atoms with E-state index in [2.05, 4.69) is 10.6 Å². The molecule has 3 N–H and O–H groups in total. The van der Waals surface area contributed by atoms with E-state index in [9.17, 15) is 9.59 Å². The van der Waals surface area contributed by atoms with Crippen molar-refractivity contribution in [2.45, 2.75) is 38.6 Å². The molecule has 86 valence electrons. The van der Waals surface area contributed by atoms with Gasteiger partial charge in [-0.25, -0.2) is 4.79 Å². The standard InChI is InChI=1S/C10H18N2O3/c1-7(9(13)14)12-10(15)11-6-5-8-3-2-4-8/h7-8H,2-6H2,1H3,(H,13,14)(H2,11,12,15). The molecule has 0 radical (unpaired) electrons. The van der Waals surface area contributed by atoms with Crippen LogP contribution in [0.3, 0.4) is 0 Å². The van der Waals surface area contributed by atoms with Crippen molar-refractivity contribution in [1.82, 2.24) is 10.6 Å². The maximum absolute atomic E-state index is 11.2. The van der Waals surface area contributed by atoms with Gasteiger partial charge in [0.25, 0.3) is 0 Å². The highest BCUT2D eigenvalue weighted by atomic mass is 16.4. The Balaban J connectivity index is 2.04. The van der Waals surface area contributed by atoms with Crippen LogP contribution in [-0.4, -0.2) is 29.7 Å². The van der Waals surface area contributed by atoms with E-state index in [0.717, 1.165) is 12.3 Å². The molecule has 0 aromatic heterocycles. The summed E-state index contributed by atoms with van der Waals surface area (Å²) in [7, 11) is 0. The van der Waals surface area contributed by atoms with Crippen LogP contribution in [0.4, 0.5) is 4.79 Å². The fourth-order valence-electron chi connectivity index (χ4n) is 1.48. The molecule has 0 aromatic carbocycles. The van der Waals surface area contributed by atoms with Gasteiger partial charge in [-0.3, -0.25) is 4.79 Å². The summed E-state index contributed by atoms with van der Waals surface area (Å²) in [6, 6.07) is -1.24. The molecule has 0 aliphatic heterocycles. The first kappa shape index (κ1) is 11.8. The second-order valence-electron chi connectivity index (χ2n) is 4.05. The van der Waals surface area contributed by atoms with Gasteiger partial charge in [0.2, 0.25) is 0 Å². The summed E-state index contributed by atoms with van der Waals surface area (Å²) in [5.74, 6) is -0.272. The molecule has 1 unspecified atom stereocenters. The van der Waals surface area contributed by atoms with Gasteiger partial charge >= 0.3 is 12.0 Å². The van der Waals surface area contributed by atoms with E-state index in [1.807, 2.05) is 0 Å². The lowest BCUT2D eigenvalue weighted by atomic mass is 9.83. The van der Waals surface area contributed by atoms with Crippen molar-refractivity contribution in [1.29, 1.82) is 0 Å². The van der Waals surface area contributed by atoms with Gasteiger partial charge in [-0.2, -0.15) is 0 Å². The number of rotatable bonds is 5. The topological polar surface area (TPSA) is 78.4 Å². The Hall–Kier alpha value is -1.26. The van der Waals surface area contributed by atoms with E-state index in [4.69, 9.17) is 5.11 Å². The maximum atomic E-state index is 11.2. The Bertz CT molecular complexity index is 239. The lowest BCUT2D eigenvalue weighted by Gasteiger charge is -2.25. The number of carboxylic acid groups (broad SMARTS) is 1. The number of carboxylic acids is 1. The minimum absolute atomic E-state index is 0.399. The highest BCUT2D eigenvalue weighted by Crippen LogP contribution is 2.28. The van der Waals surface area contributed by atoms with Crippen LogP contribution in [0, 0.1) is 5.92 Å². The molecule has 15 heavy (non-hydrogen) atoms. The molecule has 5 nitrogen and oxygen atoms in total. The number of amides is 2. The number of carbonyl (C=O) groups is 2. The molecule has 5 heteroatoms. The van der Waals surface area contributed by atoms with Gasteiger partial charge in [-0.1, -0.05) is 19.3 Å². The molecular formula is C10H18N2O3. The Morgan fingerprint density at radius 3 is 2.60 bits per heavy atom.